The molecule has 0 fully saturated rings. The van der Waals surface area contributed by atoms with E-state index in [4.69, 9.17) is 0 Å². The molecule has 0 atom stereocenters. The molecule has 1 nitrogen and oxygen atoms in total. The van der Waals surface area contributed by atoms with E-state index in [1.807, 2.05) is 0 Å². The van der Waals surface area contributed by atoms with Gasteiger partial charge in [-0.1, -0.05) is 19.1 Å². The van der Waals surface area contributed by atoms with Crippen molar-refractivity contribution < 1.29 is 0 Å². The zero-order chi connectivity index (χ0) is 10.5. The topological polar surface area (TPSA) is 3.24 Å². The Labute approximate surface area is 93.9 Å². The molecule has 0 radical (unpaired) electrons. The molecule has 1 aliphatic heterocycles. The first-order valence-corrected chi connectivity index (χ1v) is 6.51. The molecule has 2 aliphatic rings. The van der Waals surface area contributed by atoms with Gasteiger partial charge in [0.15, 0.2) is 0 Å². The van der Waals surface area contributed by atoms with E-state index in [-0.39, 0.29) is 0 Å². The van der Waals surface area contributed by atoms with Crippen LogP contribution >= 0.6 is 0 Å². The van der Waals surface area contributed by atoms with Gasteiger partial charge in [0, 0.05) is 13.1 Å². The van der Waals surface area contributed by atoms with Crippen LogP contribution in [0.1, 0.15) is 45.4 Å². The van der Waals surface area contributed by atoms with Gasteiger partial charge in [0.2, 0.25) is 0 Å². The van der Waals surface area contributed by atoms with E-state index in [0.29, 0.717) is 0 Å². The molecule has 0 spiro atoms. The van der Waals surface area contributed by atoms with E-state index >= 15 is 0 Å². The van der Waals surface area contributed by atoms with Gasteiger partial charge in [0.1, 0.15) is 0 Å². The van der Waals surface area contributed by atoms with Gasteiger partial charge < -0.3 is 0 Å². The molecule has 1 heterocycles. The molecular formula is C14H23N. The van der Waals surface area contributed by atoms with Gasteiger partial charge >= 0.3 is 0 Å². The van der Waals surface area contributed by atoms with Gasteiger partial charge in [-0.15, -0.1) is 0 Å². The van der Waals surface area contributed by atoms with Gasteiger partial charge in [-0.3, -0.25) is 4.90 Å². The Morgan fingerprint density at radius 2 is 2.00 bits per heavy atom. The summed E-state index contributed by atoms with van der Waals surface area (Å²) in [5.74, 6) is 0. The van der Waals surface area contributed by atoms with Crippen LogP contribution in [0.5, 0.6) is 0 Å². The SMILES string of the molecule is CCCN1CCC=C(C2=CCCCC2)C1. The summed E-state index contributed by atoms with van der Waals surface area (Å²) in [6.45, 7) is 6.02. The predicted octanol–water partition coefficient (Wildman–Crippen LogP) is 3.53. The summed E-state index contributed by atoms with van der Waals surface area (Å²) in [5, 5.41) is 0. The average molecular weight is 205 g/mol. The van der Waals surface area contributed by atoms with Crippen molar-refractivity contribution in [3.8, 4) is 0 Å². The lowest BCUT2D eigenvalue weighted by Crippen LogP contribution is -2.31. The van der Waals surface area contributed by atoms with Crippen molar-refractivity contribution in [2.24, 2.45) is 0 Å². The maximum absolute atomic E-state index is 2.60. The molecule has 0 aromatic heterocycles. The zero-order valence-corrected chi connectivity index (χ0v) is 9.97. The minimum absolute atomic E-state index is 1.21. The Kier molecular flexibility index (Phi) is 4.01. The Hall–Kier alpha value is -0.560. The molecule has 0 saturated carbocycles. The smallest absolute Gasteiger partial charge is 0.0233 e. The van der Waals surface area contributed by atoms with Gasteiger partial charge in [-0.25, -0.2) is 0 Å². The monoisotopic (exact) mass is 205 g/mol. The molecule has 0 unspecified atom stereocenters. The Morgan fingerprint density at radius 3 is 2.73 bits per heavy atom. The highest BCUT2D eigenvalue weighted by molar-refractivity contribution is 5.34. The maximum atomic E-state index is 2.60. The Balaban J connectivity index is 1.97. The standard InChI is InChI=1S/C14H23N/c1-2-10-15-11-6-9-14(12-15)13-7-4-3-5-8-13/h7,9H,2-6,8,10-12H2,1H3. The summed E-state index contributed by atoms with van der Waals surface area (Å²) in [4.78, 5) is 2.60. The molecule has 0 amide bonds. The van der Waals surface area contributed by atoms with Gasteiger partial charge in [0.05, 0.1) is 0 Å². The summed E-state index contributed by atoms with van der Waals surface area (Å²) in [7, 11) is 0. The van der Waals surface area contributed by atoms with Gasteiger partial charge in [-0.05, 0) is 56.2 Å². The fourth-order valence-corrected chi connectivity index (χ4v) is 2.68. The van der Waals surface area contributed by atoms with E-state index in [1.165, 1.54) is 58.2 Å². The van der Waals surface area contributed by atoms with E-state index in [0.717, 1.165) is 0 Å². The van der Waals surface area contributed by atoms with Crippen LogP contribution in [0.3, 0.4) is 0 Å². The fourth-order valence-electron chi connectivity index (χ4n) is 2.68. The lowest BCUT2D eigenvalue weighted by atomic mass is 9.91. The third-order valence-corrected chi connectivity index (χ3v) is 3.47. The van der Waals surface area contributed by atoms with Crippen molar-refractivity contribution in [2.45, 2.75) is 45.4 Å². The van der Waals surface area contributed by atoms with E-state index < -0.39 is 0 Å². The summed E-state index contributed by atoms with van der Waals surface area (Å²) in [6.07, 6.45) is 12.9. The van der Waals surface area contributed by atoms with Gasteiger partial charge in [-0.2, -0.15) is 0 Å². The quantitative estimate of drug-likeness (QED) is 0.681. The molecule has 15 heavy (non-hydrogen) atoms. The first kappa shape index (κ1) is 10.9. The average Bonchev–Trinajstić information content (AvgIpc) is 2.31. The molecule has 0 aromatic carbocycles. The maximum Gasteiger partial charge on any atom is 0.0233 e. The number of hydrogen-bond donors (Lipinski definition) is 0. The van der Waals surface area contributed by atoms with E-state index in [2.05, 4.69) is 24.0 Å². The zero-order valence-electron chi connectivity index (χ0n) is 9.97. The fraction of sp³-hybridized carbons (Fsp3) is 0.714. The van der Waals surface area contributed by atoms with Gasteiger partial charge in [0.25, 0.3) is 0 Å². The van der Waals surface area contributed by atoms with Crippen molar-refractivity contribution in [2.75, 3.05) is 19.6 Å². The highest BCUT2D eigenvalue weighted by atomic mass is 15.1. The van der Waals surface area contributed by atoms with Crippen LogP contribution in [0.15, 0.2) is 23.3 Å². The van der Waals surface area contributed by atoms with Crippen LogP contribution in [-0.2, 0) is 0 Å². The predicted molar refractivity (Wildman–Crippen MR) is 66.0 cm³/mol. The lowest BCUT2D eigenvalue weighted by molar-refractivity contribution is 0.291. The highest BCUT2D eigenvalue weighted by Gasteiger charge is 2.15. The van der Waals surface area contributed by atoms with Crippen molar-refractivity contribution >= 4 is 0 Å². The number of rotatable bonds is 3. The second-order valence-electron chi connectivity index (χ2n) is 4.77. The first-order chi connectivity index (χ1) is 7.40. The Morgan fingerprint density at radius 1 is 1.13 bits per heavy atom. The normalized spacial score (nSPS) is 23.5. The van der Waals surface area contributed by atoms with E-state index in [1.54, 1.807) is 11.1 Å². The highest BCUT2D eigenvalue weighted by Crippen LogP contribution is 2.26. The van der Waals surface area contributed by atoms with Crippen LogP contribution in [0.4, 0.5) is 0 Å². The molecule has 1 heteroatoms. The summed E-state index contributed by atoms with van der Waals surface area (Å²) in [6, 6.07) is 0. The summed E-state index contributed by atoms with van der Waals surface area (Å²) >= 11 is 0. The minimum Gasteiger partial charge on any atom is -0.299 e. The molecular weight excluding hydrogens is 182 g/mol. The first-order valence-electron chi connectivity index (χ1n) is 6.51. The summed E-state index contributed by atoms with van der Waals surface area (Å²) in [5.41, 5.74) is 3.29. The number of hydrogen-bond acceptors (Lipinski definition) is 1. The molecule has 0 aromatic rings. The second kappa shape index (κ2) is 5.50. The van der Waals surface area contributed by atoms with Crippen molar-refractivity contribution in [3.05, 3.63) is 23.3 Å². The molecule has 2 rings (SSSR count). The molecule has 84 valence electrons. The van der Waals surface area contributed by atoms with Crippen LogP contribution in [-0.4, -0.2) is 24.5 Å². The molecule has 0 N–H and O–H groups in total. The molecule has 0 saturated heterocycles. The second-order valence-corrected chi connectivity index (χ2v) is 4.77. The van der Waals surface area contributed by atoms with Crippen LogP contribution in [0.25, 0.3) is 0 Å². The Bertz CT molecular complexity index is 263. The van der Waals surface area contributed by atoms with Crippen LogP contribution in [0.2, 0.25) is 0 Å². The number of allylic oxidation sites excluding steroid dienone is 1. The van der Waals surface area contributed by atoms with Crippen molar-refractivity contribution in [3.63, 3.8) is 0 Å². The minimum atomic E-state index is 1.21. The lowest BCUT2D eigenvalue weighted by Gasteiger charge is -2.29. The van der Waals surface area contributed by atoms with Crippen LogP contribution < -0.4 is 0 Å². The van der Waals surface area contributed by atoms with Crippen LogP contribution in [0, 0.1) is 0 Å². The van der Waals surface area contributed by atoms with Crippen molar-refractivity contribution in [1.29, 1.82) is 0 Å². The van der Waals surface area contributed by atoms with E-state index in [9.17, 15) is 0 Å². The van der Waals surface area contributed by atoms with Crippen molar-refractivity contribution in [1.82, 2.24) is 4.90 Å². The largest absolute Gasteiger partial charge is 0.299 e. The third kappa shape index (κ3) is 2.94. The number of nitrogens with zero attached hydrogens (tertiary/aromatic N) is 1. The molecule has 1 aliphatic carbocycles. The summed E-state index contributed by atoms with van der Waals surface area (Å²) < 4.78 is 0. The molecule has 0 bridgehead atoms. The third-order valence-electron chi connectivity index (χ3n) is 3.47.